The predicted molar refractivity (Wildman–Crippen MR) is 108 cm³/mol. The van der Waals surface area contributed by atoms with E-state index in [2.05, 4.69) is 0 Å². The van der Waals surface area contributed by atoms with E-state index >= 15 is 0 Å². The maximum atomic E-state index is 12.9. The largest absolute Gasteiger partial charge is 0.493 e. The zero-order valence-electron chi connectivity index (χ0n) is 16.9. The van der Waals surface area contributed by atoms with E-state index in [9.17, 15) is 23.2 Å². The van der Waals surface area contributed by atoms with E-state index in [0.717, 1.165) is 25.0 Å². The molecular formula is C23H21F3N2O3. The van der Waals surface area contributed by atoms with Crippen LogP contribution in [0.5, 0.6) is 11.5 Å². The molecule has 162 valence electrons. The summed E-state index contributed by atoms with van der Waals surface area (Å²) >= 11 is 0. The molecular weight excluding hydrogens is 409 g/mol. The quantitative estimate of drug-likeness (QED) is 0.487. The van der Waals surface area contributed by atoms with Crippen LogP contribution in [0.15, 0.2) is 48.0 Å². The molecule has 8 heteroatoms. The number of ether oxygens (including phenoxy) is 2. The molecule has 0 saturated carbocycles. The average Bonchev–Trinajstić information content (AvgIpc) is 3.30. The first-order chi connectivity index (χ1) is 14.8. The molecule has 0 N–H and O–H groups in total. The first kappa shape index (κ1) is 22.2. The number of hydrogen-bond donors (Lipinski definition) is 0. The van der Waals surface area contributed by atoms with Crippen LogP contribution in [0.3, 0.4) is 0 Å². The van der Waals surface area contributed by atoms with Gasteiger partial charge in [-0.1, -0.05) is 18.2 Å². The van der Waals surface area contributed by atoms with Gasteiger partial charge in [-0.2, -0.15) is 18.4 Å². The molecule has 0 radical (unpaired) electrons. The number of amides is 1. The highest BCUT2D eigenvalue weighted by atomic mass is 19.4. The molecule has 0 unspecified atom stereocenters. The highest BCUT2D eigenvalue weighted by Gasteiger charge is 2.30. The first-order valence-electron chi connectivity index (χ1n) is 9.70. The highest BCUT2D eigenvalue weighted by molar-refractivity contribution is 6.01. The summed E-state index contributed by atoms with van der Waals surface area (Å²) in [6.07, 6.45) is -1.08. The van der Waals surface area contributed by atoms with Gasteiger partial charge in [0.1, 0.15) is 18.2 Å². The van der Waals surface area contributed by atoms with Crippen LogP contribution < -0.4 is 9.47 Å². The molecule has 2 aromatic carbocycles. The third-order valence-corrected chi connectivity index (χ3v) is 4.89. The van der Waals surface area contributed by atoms with Gasteiger partial charge in [-0.25, -0.2) is 0 Å². The van der Waals surface area contributed by atoms with Crippen LogP contribution in [0.4, 0.5) is 13.2 Å². The van der Waals surface area contributed by atoms with Crippen molar-refractivity contribution in [2.45, 2.75) is 25.6 Å². The monoisotopic (exact) mass is 430 g/mol. The second-order valence-corrected chi connectivity index (χ2v) is 7.07. The number of alkyl halides is 3. The SMILES string of the molecule is COc1cc(/C=C(\C#N)C(=O)N2CCCC2)ccc1OCc1cccc(C(F)(F)F)c1. The summed E-state index contributed by atoms with van der Waals surface area (Å²) in [6.45, 7) is 1.21. The minimum atomic E-state index is -4.42. The van der Waals surface area contributed by atoms with E-state index in [1.807, 2.05) is 6.07 Å². The fraction of sp³-hybridized carbons (Fsp3) is 0.304. The molecule has 1 aliphatic heterocycles. The number of likely N-dealkylation sites (tertiary alicyclic amines) is 1. The third kappa shape index (κ3) is 5.57. The van der Waals surface area contributed by atoms with Gasteiger partial charge in [0.15, 0.2) is 11.5 Å². The molecule has 0 aliphatic carbocycles. The minimum absolute atomic E-state index is 0.0292. The number of nitriles is 1. The molecule has 0 spiro atoms. The Balaban J connectivity index is 1.75. The van der Waals surface area contributed by atoms with Crippen LogP contribution in [-0.4, -0.2) is 31.0 Å². The van der Waals surface area contributed by atoms with Gasteiger partial charge in [-0.3, -0.25) is 4.79 Å². The summed E-state index contributed by atoms with van der Waals surface area (Å²) in [4.78, 5) is 14.1. The molecule has 2 aromatic rings. The van der Waals surface area contributed by atoms with Crippen molar-refractivity contribution in [3.63, 3.8) is 0 Å². The van der Waals surface area contributed by atoms with Gasteiger partial charge in [0.05, 0.1) is 12.7 Å². The number of halogens is 3. The Kier molecular flexibility index (Phi) is 6.85. The Morgan fingerprint density at radius 1 is 1.16 bits per heavy atom. The number of hydrogen-bond acceptors (Lipinski definition) is 4. The zero-order chi connectivity index (χ0) is 22.4. The summed E-state index contributed by atoms with van der Waals surface area (Å²) in [5, 5.41) is 9.39. The van der Waals surface area contributed by atoms with Crippen molar-refractivity contribution in [3.8, 4) is 17.6 Å². The summed E-state index contributed by atoms with van der Waals surface area (Å²) in [5.41, 5.74) is 0.227. The lowest BCUT2D eigenvalue weighted by Crippen LogP contribution is -2.28. The summed E-state index contributed by atoms with van der Waals surface area (Å²) in [6, 6.07) is 11.7. The smallest absolute Gasteiger partial charge is 0.416 e. The van der Waals surface area contributed by atoms with Crippen molar-refractivity contribution in [2.24, 2.45) is 0 Å². The lowest BCUT2D eigenvalue weighted by molar-refractivity contribution is -0.137. The Morgan fingerprint density at radius 2 is 1.90 bits per heavy atom. The normalized spacial score (nSPS) is 14.3. The molecule has 1 saturated heterocycles. The van der Waals surface area contributed by atoms with Gasteiger partial charge in [0.2, 0.25) is 0 Å². The van der Waals surface area contributed by atoms with Gasteiger partial charge in [-0.05, 0) is 54.3 Å². The molecule has 1 heterocycles. The summed E-state index contributed by atoms with van der Waals surface area (Å²) in [7, 11) is 1.43. The van der Waals surface area contributed by atoms with Gasteiger partial charge in [0.25, 0.3) is 5.91 Å². The van der Waals surface area contributed by atoms with Crippen LogP contribution >= 0.6 is 0 Å². The van der Waals surface area contributed by atoms with Crippen molar-refractivity contribution in [1.82, 2.24) is 4.90 Å². The maximum absolute atomic E-state index is 12.9. The Labute approximate surface area is 178 Å². The van der Waals surface area contributed by atoms with Crippen molar-refractivity contribution in [1.29, 1.82) is 5.26 Å². The van der Waals surface area contributed by atoms with Crippen molar-refractivity contribution in [2.75, 3.05) is 20.2 Å². The minimum Gasteiger partial charge on any atom is -0.493 e. The number of carbonyl (C=O) groups is 1. The van der Waals surface area contributed by atoms with Crippen LogP contribution in [0.25, 0.3) is 6.08 Å². The second-order valence-electron chi connectivity index (χ2n) is 7.07. The molecule has 3 rings (SSSR count). The van der Waals surface area contributed by atoms with Crippen LogP contribution in [0.1, 0.15) is 29.5 Å². The molecule has 0 aromatic heterocycles. The first-order valence-corrected chi connectivity index (χ1v) is 9.70. The summed E-state index contributed by atoms with van der Waals surface area (Å²) in [5.74, 6) is 0.372. The van der Waals surface area contributed by atoms with E-state index in [0.29, 0.717) is 35.7 Å². The molecule has 1 aliphatic rings. The molecule has 31 heavy (non-hydrogen) atoms. The molecule has 1 fully saturated rings. The van der Waals surface area contributed by atoms with Crippen LogP contribution in [0, 0.1) is 11.3 Å². The molecule has 0 bridgehead atoms. The average molecular weight is 430 g/mol. The van der Waals surface area contributed by atoms with Crippen molar-refractivity contribution < 1.29 is 27.4 Å². The van der Waals surface area contributed by atoms with Crippen LogP contribution in [0.2, 0.25) is 0 Å². The zero-order valence-corrected chi connectivity index (χ0v) is 16.9. The lowest BCUT2D eigenvalue weighted by atomic mass is 10.1. The number of rotatable bonds is 6. The van der Waals surface area contributed by atoms with E-state index in [-0.39, 0.29) is 18.1 Å². The Morgan fingerprint density at radius 3 is 2.55 bits per heavy atom. The lowest BCUT2D eigenvalue weighted by Gasteiger charge is -2.15. The number of nitrogens with zero attached hydrogens (tertiary/aromatic N) is 2. The molecule has 0 atom stereocenters. The Hall–Kier alpha value is -3.47. The van der Waals surface area contributed by atoms with Crippen LogP contribution in [-0.2, 0) is 17.6 Å². The van der Waals surface area contributed by atoms with Gasteiger partial charge in [-0.15, -0.1) is 0 Å². The summed E-state index contributed by atoms with van der Waals surface area (Å²) < 4.78 is 49.6. The van der Waals surface area contributed by atoms with Gasteiger partial charge in [0, 0.05) is 13.1 Å². The fourth-order valence-electron chi connectivity index (χ4n) is 3.29. The molecule has 1 amide bonds. The van der Waals surface area contributed by atoms with E-state index in [4.69, 9.17) is 9.47 Å². The topological polar surface area (TPSA) is 62.6 Å². The van der Waals surface area contributed by atoms with E-state index < -0.39 is 11.7 Å². The fourth-order valence-corrected chi connectivity index (χ4v) is 3.29. The third-order valence-electron chi connectivity index (χ3n) is 4.89. The predicted octanol–water partition coefficient (Wildman–Crippen LogP) is 4.82. The van der Waals surface area contributed by atoms with Gasteiger partial charge < -0.3 is 14.4 Å². The van der Waals surface area contributed by atoms with Gasteiger partial charge >= 0.3 is 6.18 Å². The number of methoxy groups -OCH3 is 1. The van der Waals surface area contributed by atoms with Crippen molar-refractivity contribution >= 4 is 12.0 Å². The molecule has 5 nitrogen and oxygen atoms in total. The standard InChI is InChI=1S/C23H21F3N2O3/c1-30-21-13-16(11-18(14-27)22(29)28-9-2-3-10-28)7-8-20(21)31-15-17-5-4-6-19(12-17)23(24,25)26/h4-8,11-13H,2-3,9-10,15H2,1H3/b18-11+. The van der Waals surface area contributed by atoms with E-state index in [1.165, 1.54) is 19.3 Å². The van der Waals surface area contributed by atoms with E-state index in [1.54, 1.807) is 29.2 Å². The number of carbonyl (C=O) groups excluding carboxylic acids is 1. The Bertz CT molecular complexity index is 1020. The van der Waals surface area contributed by atoms with Crippen molar-refractivity contribution in [3.05, 3.63) is 64.7 Å². The highest BCUT2D eigenvalue weighted by Crippen LogP contribution is 2.32. The number of benzene rings is 2. The second kappa shape index (κ2) is 9.56. The maximum Gasteiger partial charge on any atom is 0.416 e.